The van der Waals surface area contributed by atoms with Crippen LogP contribution in [0.15, 0.2) is 59.5 Å². The lowest BCUT2D eigenvalue weighted by Gasteiger charge is -2.24. The molecule has 3 aromatic rings. The molecule has 0 bridgehead atoms. The van der Waals surface area contributed by atoms with Gasteiger partial charge in [-0.15, -0.1) is 12.4 Å². The molecule has 4 heterocycles. The number of sulfone groups is 1. The lowest BCUT2D eigenvalue weighted by atomic mass is 9.90. The Kier molecular flexibility index (Phi) is 12.8. The van der Waals surface area contributed by atoms with Crippen molar-refractivity contribution < 1.29 is 40.6 Å². The van der Waals surface area contributed by atoms with Crippen LogP contribution in [0, 0.1) is 0 Å². The number of carbonyl (C=O) groups is 1. The summed E-state index contributed by atoms with van der Waals surface area (Å²) in [6.07, 6.45) is -1.89. The standard InChI is InChI=1S/C25H28F3NO5S.C13H17NO.ClH/c1-3-23(25(26,27)28)34-22-7-6-20(35(2,31)32)13-21(22)24(30)29-14-18-5-4-17(12-19(18)15-29)16-8-10-33-11-9-16;1-2-12-8-14-9-13(12)7-11(1)10-3-5-15-6-4-10;/h4-7,12-13,16,23H,3,8-11,14-15H2,1-2H3;1-2,7,10,14H,3-6,8-9H2;1H. The van der Waals surface area contributed by atoms with E-state index in [0.717, 1.165) is 80.6 Å². The molecular formula is C38H46ClF3N2O6S. The first-order valence-electron chi connectivity index (χ1n) is 17.4. The van der Waals surface area contributed by atoms with E-state index in [4.69, 9.17) is 14.2 Å². The zero-order valence-electron chi connectivity index (χ0n) is 29.0. The zero-order valence-corrected chi connectivity index (χ0v) is 30.6. The minimum atomic E-state index is -4.63. The molecule has 4 aliphatic heterocycles. The van der Waals surface area contributed by atoms with Gasteiger partial charge in [0.25, 0.3) is 5.91 Å². The SMILES string of the molecule is CCC(Oc1ccc(S(C)(=O)=O)cc1C(=O)N1Cc2ccc(C3CCOCC3)cc2C1)C(F)(F)F.Cl.c1cc2c(cc1C1CCOCC1)CNC2. The normalized spacial score (nSPS) is 18.6. The fourth-order valence-electron chi connectivity index (χ4n) is 7.16. The molecule has 1 amide bonds. The monoisotopic (exact) mass is 750 g/mol. The van der Waals surface area contributed by atoms with E-state index in [1.165, 1.54) is 46.9 Å². The van der Waals surface area contributed by atoms with Crippen molar-refractivity contribution in [2.75, 3.05) is 32.7 Å². The molecular weight excluding hydrogens is 705 g/mol. The van der Waals surface area contributed by atoms with Crippen LogP contribution < -0.4 is 10.1 Å². The summed E-state index contributed by atoms with van der Waals surface area (Å²) in [5.41, 5.74) is 7.41. The second-order valence-electron chi connectivity index (χ2n) is 13.6. The van der Waals surface area contributed by atoms with Crippen molar-refractivity contribution in [2.24, 2.45) is 0 Å². The van der Waals surface area contributed by atoms with Crippen LogP contribution in [0.25, 0.3) is 0 Å². The number of fused-ring (bicyclic) bond motifs is 2. The first-order valence-corrected chi connectivity index (χ1v) is 19.3. The van der Waals surface area contributed by atoms with Crippen LogP contribution in [0.3, 0.4) is 0 Å². The van der Waals surface area contributed by atoms with Crippen molar-refractivity contribution >= 4 is 28.2 Å². The van der Waals surface area contributed by atoms with Crippen LogP contribution in [0.5, 0.6) is 5.75 Å². The van der Waals surface area contributed by atoms with Crippen LogP contribution in [0.4, 0.5) is 13.2 Å². The van der Waals surface area contributed by atoms with Crippen LogP contribution in [0.1, 0.15) is 94.6 Å². The molecule has 2 fully saturated rings. The van der Waals surface area contributed by atoms with E-state index in [2.05, 4.69) is 35.6 Å². The third-order valence-corrected chi connectivity index (χ3v) is 11.2. The third kappa shape index (κ3) is 9.45. The van der Waals surface area contributed by atoms with Crippen molar-refractivity contribution in [3.8, 4) is 5.75 Å². The minimum absolute atomic E-state index is 0. The predicted molar refractivity (Wildman–Crippen MR) is 190 cm³/mol. The molecule has 0 aromatic heterocycles. The Balaban J connectivity index is 0.000000261. The first kappa shape index (κ1) is 39.1. The number of benzene rings is 3. The van der Waals surface area contributed by atoms with Gasteiger partial charge in [0, 0.05) is 58.9 Å². The van der Waals surface area contributed by atoms with Gasteiger partial charge in [-0.2, -0.15) is 13.2 Å². The molecule has 0 radical (unpaired) electrons. The van der Waals surface area contributed by atoms with Crippen molar-refractivity contribution in [1.29, 1.82) is 0 Å². The van der Waals surface area contributed by atoms with E-state index >= 15 is 0 Å². The predicted octanol–water partition coefficient (Wildman–Crippen LogP) is 7.47. The quantitative estimate of drug-likeness (QED) is 0.268. The van der Waals surface area contributed by atoms with Crippen LogP contribution in [0.2, 0.25) is 0 Å². The number of hydrogen-bond acceptors (Lipinski definition) is 7. The van der Waals surface area contributed by atoms with Gasteiger partial charge in [-0.3, -0.25) is 4.79 Å². The molecule has 8 nitrogen and oxygen atoms in total. The lowest BCUT2D eigenvalue weighted by molar-refractivity contribution is -0.195. The number of nitrogens with one attached hydrogen (secondary N) is 1. The highest BCUT2D eigenvalue weighted by molar-refractivity contribution is 7.90. The third-order valence-electron chi connectivity index (χ3n) is 10.1. The van der Waals surface area contributed by atoms with Crippen LogP contribution in [-0.2, 0) is 45.5 Å². The van der Waals surface area contributed by atoms with Gasteiger partial charge in [-0.25, -0.2) is 8.42 Å². The summed E-state index contributed by atoms with van der Waals surface area (Å²) in [5, 5.41) is 3.39. The van der Waals surface area contributed by atoms with Crippen molar-refractivity contribution in [3.63, 3.8) is 0 Å². The summed E-state index contributed by atoms with van der Waals surface area (Å²) < 4.78 is 80.3. The van der Waals surface area contributed by atoms with E-state index in [0.29, 0.717) is 19.1 Å². The topological polar surface area (TPSA) is 94.2 Å². The molecule has 278 valence electrons. The van der Waals surface area contributed by atoms with Gasteiger partial charge >= 0.3 is 6.18 Å². The molecule has 4 aliphatic rings. The Morgan fingerprint density at radius 2 is 1.39 bits per heavy atom. The lowest BCUT2D eigenvalue weighted by Crippen LogP contribution is -2.34. The molecule has 0 saturated carbocycles. The summed E-state index contributed by atoms with van der Waals surface area (Å²) >= 11 is 0. The Bertz CT molecular complexity index is 1790. The second-order valence-corrected chi connectivity index (χ2v) is 15.6. The number of nitrogens with zero attached hydrogens (tertiary/aromatic N) is 1. The van der Waals surface area contributed by atoms with Gasteiger partial charge in [-0.05, 0) is 95.5 Å². The van der Waals surface area contributed by atoms with Gasteiger partial charge in [0.1, 0.15) is 5.75 Å². The molecule has 51 heavy (non-hydrogen) atoms. The van der Waals surface area contributed by atoms with Gasteiger partial charge in [0.05, 0.1) is 10.5 Å². The number of carbonyl (C=O) groups excluding carboxylic acids is 1. The van der Waals surface area contributed by atoms with E-state index in [1.54, 1.807) is 0 Å². The first-order chi connectivity index (χ1) is 23.9. The van der Waals surface area contributed by atoms with E-state index in [1.807, 2.05) is 6.07 Å². The van der Waals surface area contributed by atoms with Gasteiger partial charge in [-0.1, -0.05) is 43.3 Å². The number of rotatable bonds is 7. The van der Waals surface area contributed by atoms with Crippen molar-refractivity contribution in [1.82, 2.24) is 10.2 Å². The summed E-state index contributed by atoms with van der Waals surface area (Å²) in [6, 6.07) is 16.5. The Labute approximate surface area is 304 Å². The van der Waals surface area contributed by atoms with Crippen molar-refractivity contribution in [2.45, 2.75) is 94.2 Å². The minimum Gasteiger partial charge on any atom is -0.480 e. The maximum atomic E-state index is 13.5. The Morgan fingerprint density at radius 1 is 0.843 bits per heavy atom. The average Bonchev–Trinajstić information content (AvgIpc) is 3.77. The summed E-state index contributed by atoms with van der Waals surface area (Å²) in [5.74, 6) is 0.250. The maximum Gasteiger partial charge on any atom is 0.425 e. The van der Waals surface area contributed by atoms with Gasteiger partial charge < -0.3 is 24.4 Å². The molecule has 1 atom stereocenters. The summed E-state index contributed by atoms with van der Waals surface area (Å²) in [4.78, 5) is 14.8. The molecule has 3 aromatic carbocycles. The number of hydrogen-bond donors (Lipinski definition) is 1. The smallest absolute Gasteiger partial charge is 0.425 e. The van der Waals surface area contributed by atoms with Gasteiger partial charge in [0.15, 0.2) is 15.9 Å². The molecule has 0 aliphatic carbocycles. The number of amides is 1. The Morgan fingerprint density at radius 3 is 1.96 bits per heavy atom. The zero-order chi connectivity index (χ0) is 35.5. The molecule has 1 unspecified atom stereocenters. The summed E-state index contributed by atoms with van der Waals surface area (Å²) in [6.45, 7) is 7.27. The summed E-state index contributed by atoms with van der Waals surface area (Å²) in [7, 11) is -3.69. The van der Waals surface area contributed by atoms with E-state index < -0.39 is 28.0 Å². The second kappa shape index (κ2) is 16.7. The molecule has 2 saturated heterocycles. The largest absolute Gasteiger partial charge is 0.480 e. The number of alkyl halides is 3. The average molecular weight is 751 g/mol. The number of ether oxygens (including phenoxy) is 3. The van der Waals surface area contributed by atoms with Crippen LogP contribution in [-0.4, -0.2) is 64.2 Å². The molecule has 7 rings (SSSR count). The van der Waals surface area contributed by atoms with E-state index in [-0.39, 0.29) is 48.1 Å². The van der Waals surface area contributed by atoms with Crippen molar-refractivity contribution in [3.05, 3.63) is 93.5 Å². The Hall–Kier alpha value is -3.16. The fraction of sp³-hybridized carbons (Fsp3) is 0.500. The maximum absolute atomic E-state index is 13.5. The highest BCUT2D eigenvalue weighted by atomic mass is 35.5. The van der Waals surface area contributed by atoms with Crippen LogP contribution >= 0.6 is 12.4 Å². The molecule has 13 heteroatoms. The molecule has 0 spiro atoms. The fourth-order valence-corrected chi connectivity index (χ4v) is 7.80. The highest BCUT2D eigenvalue weighted by Gasteiger charge is 2.41. The van der Waals surface area contributed by atoms with E-state index in [9.17, 15) is 26.4 Å². The molecule has 1 N–H and O–H groups in total. The van der Waals surface area contributed by atoms with Gasteiger partial charge in [0.2, 0.25) is 0 Å². The number of halogens is 4. The highest BCUT2D eigenvalue weighted by Crippen LogP contribution is 2.35.